The number of rotatable bonds is 7. The van der Waals surface area contributed by atoms with Gasteiger partial charge in [-0.25, -0.2) is 4.79 Å². The number of benzene rings is 2. The molecule has 0 radical (unpaired) electrons. The molecule has 0 saturated carbocycles. The van der Waals surface area contributed by atoms with E-state index in [2.05, 4.69) is 10.6 Å². The van der Waals surface area contributed by atoms with Gasteiger partial charge in [0.15, 0.2) is 0 Å². The monoisotopic (exact) mass is 348 g/mol. The van der Waals surface area contributed by atoms with Crippen molar-refractivity contribution in [3.05, 3.63) is 64.7 Å². The van der Waals surface area contributed by atoms with Crippen LogP contribution in [0.15, 0.2) is 48.5 Å². The molecule has 0 spiro atoms. The normalized spacial score (nSPS) is 11.6. The number of ether oxygens (including phenoxy) is 1. The average molecular weight is 349 g/mol. The fraction of sp³-hybridized carbons (Fsp3) is 0.278. The van der Waals surface area contributed by atoms with Gasteiger partial charge in [-0.3, -0.25) is 0 Å². The summed E-state index contributed by atoms with van der Waals surface area (Å²) in [4.78, 5) is 11.8. The largest absolute Gasteiger partial charge is 0.495 e. The lowest BCUT2D eigenvalue weighted by Gasteiger charge is -2.13. The molecule has 0 aliphatic rings. The molecule has 1 unspecified atom stereocenters. The Hall–Kier alpha value is -2.24. The molecule has 6 heteroatoms. The molecular weight excluding hydrogens is 328 g/mol. The summed E-state index contributed by atoms with van der Waals surface area (Å²) in [5.41, 5.74) is 1.89. The van der Waals surface area contributed by atoms with Crippen molar-refractivity contribution in [3.8, 4) is 5.75 Å². The van der Waals surface area contributed by atoms with Gasteiger partial charge in [0.05, 0.1) is 18.2 Å². The van der Waals surface area contributed by atoms with Crippen LogP contribution in [0.2, 0.25) is 5.02 Å². The zero-order valence-electron chi connectivity index (χ0n) is 13.5. The molecule has 24 heavy (non-hydrogen) atoms. The number of halogens is 1. The third-order valence-electron chi connectivity index (χ3n) is 3.48. The first-order valence-corrected chi connectivity index (χ1v) is 8.02. The maximum absolute atomic E-state index is 11.8. The van der Waals surface area contributed by atoms with Crippen molar-refractivity contribution in [3.63, 3.8) is 0 Å². The van der Waals surface area contributed by atoms with Gasteiger partial charge in [-0.1, -0.05) is 48.0 Å². The number of nitrogens with one attached hydrogen (secondary N) is 2. The minimum Gasteiger partial charge on any atom is -0.495 e. The first-order valence-electron chi connectivity index (χ1n) is 7.64. The molecule has 2 aromatic rings. The van der Waals surface area contributed by atoms with E-state index in [4.69, 9.17) is 16.3 Å². The van der Waals surface area contributed by atoms with Crippen molar-refractivity contribution in [1.29, 1.82) is 0 Å². The van der Waals surface area contributed by atoms with E-state index in [0.717, 1.165) is 11.1 Å². The van der Waals surface area contributed by atoms with Crippen molar-refractivity contribution < 1.29 is 14.6 Å². The van der Waals surface area contributed by atoms with Crippen molar-refractivity contribution in [2.45, 2.75) is 19.1 Å². The SMILES string of the molecule is COc1ccc(CNC(=O)NCC(O)Cc2ccccc2)cc1Cl. The first-order chi connectivity index (χ1) is 11.6. The number of aliphatic hydroxyl groups is 1. The third kappa shape index (κ3) is 5.76. The third-order valence-corrected chi connectivity index (χ3v) is 3.78. The van der Waals surface area contributed by atoms with Gasteiger partial charge in [-0.15, -0.1) is 0 Å². The second-order valence-electron chi connectivity index (χ2n) is 5.38. The van der Waals surface area contributed by atoms with E-state index < -0.39 is 6.10 Å². The van der Waals surface area contributed by atoms with Crippen LogP contribution in [0.5, 0.6) is 5.75 Å². The summed E-state index contributed by atoms with van der Waals surface area (Å²) in [6, 6.07) is 14.6. The number of amides is 2. The molecule has 2 aromatic carbocycles. The highest BCUT2D eigenvalue weighted by Crippen LogP contribution is 2.24. The highest BCUT2D eigenvalue weighted by Gasteiger charge is 2.08. The molecule has 0 aromatic heterocycles. The highest BCUT2D eigenvalue weighted by atomic mass is 35.5. The summed E-state index contributed by atoms with van der Waals surface area (Å²) in [6.45, 7) is 0.522. The summed E-state index contributed by atoms with van der Waals surface area (Å²) in [7, 11) is 1.55. The summed E-state index contributed by atoms with van der Waals surface area (Å²) in [5.74, 6) is 0.592. The van der Waals surface area contributed by atoms with E-state index in [0.29, 0.717) is 23.7 Å². The van der Waals surface area contributed by atoms with E-state index in [-0.39, 0.29) is 12.6 Å². The standard InChI is InChI=1S/C18H21ClN2O3/c1-24-17-8-7-14(10-16(17)19)11-20-18(23)21-12-15(22)9-13-5-3-2-4-6-13/h2-8,10,15,22H,9,11-12H2,1H3,(H2,20,21,23). The molecule has 0 aliphatic carbocycles. The van der Waals surface area contributed by atoms with Crippen molar-refractivity contribution in [2.24, 2.45) is 0 Å². The van der Waals surface area contributed by atoms with Crippen LogP contribution in [0.3, 0.4) is 0 Å². The van der Waals surface area contributed by atoms with Crippen LogP contribution in [0, 0.1) is 0 Å². The number of hydrogen-bond donors (Lipinski definition) is 3. The molecule has 0 bridgehead atoms. The Morgan fingerprint density at radius 2 is 1.92 bits per heavy atom. The maximum Gasteiger partial charge on any atom is 0.315 e. The summed E-state index contributed by atoms with van der Waals surface area (Å²) in [6.07, 6.45) is -0.136. The molecular formula is C18H21ClN2O3. The van der Waals surface area contributed by atoms with Crippen LogP contribution >= 0.6 is 11.6 Å². The smallest absolute Gasteiger partial charge is 0.315 e. The molecule has 5 nitrogen and oxygen atoms in total. The number of urea groups is 1. The second-order valence-corrected chi connectivity index (χ2v) is 5.78. The zero-order chi connectivity index (χ0) is 17.4. The van der Waals surface area contributed by atoms with Gasteiger partial charge in [-0.2, -0.15) is 0 Å². The van der Waals surface area contributed by atoms with Crippen LogP contribution < -0.4 is 15.4 Å². The summed E-state index contributed by atoms with van der Waals surface area (Å²) in [5, 5.41) is 15.8. The predicted octanol–water partition coefficient (Wildman–Crippen LogP) is 2.75. The van der Waals surface area contributed by atoms with Crippen molar-refractivity contribution >= 4 is 17.6 Å². The fourth-order valence-electron chi connectivity index (χ4n) is 2.23. The molecule has 2 amide bonds. The molecule has 0 fully saturated rings. The van der Waals surface area contributed by atoms with Crippen LogP contribution in [-0.2, 0) is 13.0 Å². The van der Waals surface area contributed by atoms with Gasteiger partial charge in [0, 0.05) is 19.5 Å². The molecule has 2 rings (SSSR count). The summed E-state index contributed by atoms with van der Waals surface area (Å²) >= 11 is 6.04. The minimum atomic E-state index is -0.631. The Labute approximate surface area is 146 Å². The Balaban J connectivity index is 1.72. The van der Waals surface area contributed by atoms with E-state index >= 15 is 0 Å². The number of hydrogen-bond acceptors (Lipinski definition) is 3. The molecule has 3 N–H and O–H groups in total. The van der Waals surface area contributed by atoms with Gasteiger partial charge in [0.1, 0.15) is 5.75 Å². The van der Waals surface area contributed by atoms with Gasteiger partial charge in [0.2, 0.25) is 0 Å². The lowest BCUT2D eigenvalue weighted by molar-refractivity contribution is 0.170. The number of aliphatic hydroxyl groups excluding tert-OH is 1. The van der Waals surface area contributed by atoms with Crippen LogP contribution in [0.25, 0.3) is 0 Å². The van der Waals surface area contributed by atoms with Gasteiger partial charge in [-0.05, 0) is 23.3 Å². The number of carbonyl (C=O) groups is 1. The predicted molar refractivity (Wildman–Crippen MR) is 94.4 cm³/mol. The second kappa shape index (κ2) is 9.15. The Kier molecular flexibility index (Phi) is 6.90. The molecule has 1 atom stereocenters. The van der Waals surface area contributed by atoms with Crippen LogP contribution in [0.4, 0.5) is 4.79 Å². The molecule has 0 heterocycles. The van der Waals surface area contributed by atoms with E-state index in [9.17, 15) is 9.90 Å². The Bertz CT molecular complexity index is 665. The van der Waals surface area contributed by atoms with Crippen molar-refractivity contribution in [1.82, 2.24) is 10.6 Å². The minimum absolute atomic E-state index is 0.185. The summed E-state index contributed by atoms with van der Waals surface area (Å²) < 4.78 is 5.08. The number of methoxy groups -OCH3 is 1. The van der Waals surface area contributed by atoms with Crippen molar-refractivity contribution in [2.75, 3.05) is 13.7 Å². The van der Waals surface area contributed by atoms with E-state index in [1.54, 1.807) is 19.2 Å². The topological polar surface area (TPSA) is 70.6 Å². The van der Waals surface area contributed by atoms with Crippen LogP contribution in [0.1, 0.15) is 11.1 Å². The van der Waals surface area contributed by atoms with Gasteiger partial charge >= 0.3 is 6.03 Å². The highest BCUT2D eigenvalue weighted by molar-refractivity contribution is 6.32. The lowest BCUT2D eigenvalue weighted by atomic mass is 10.1. The fourth-order valence-corrected chi connectivity index (χ4v) is 2.51. The Morgan fingerprint density at radius 1 is 1.17 bits per heavy atom. The van der Waals surface area contributed by atoms with Gasteiger partial charge in [0.25, 0.3) is 0 Å². The lowest BCUT2D eigenvalue weighted by Crippen LogP contribution is -2.39. The zero-order valence-corrected chi connectivity index (χ0v) is 14.2. The van der Waals surface area contributed by atoms with Gasteiger partial charge < -0.3 is 20.5 Å². The van der Waals surface area contributed by atoms with Crippen LogP contribution in [-0.4, -0.2) is 30.9 Å². The first kappa shape index (κ1) is 18.1. The maximum atomic E-state index is 11.8. The number of carbonyl (C=O) groups excluding carboxylic acids is 1. The molecule has 128 valence electrons. The average Bonchev–Trinajstić information content (AvgIpc) is 2.59. The quantitative estimate of drug-likeness (QED) is 0.720. The Morgan fingerprint density at radius 3 is 2.58 bits per heavy atom. The molecule has 0 saturated heterocycles. The molecule has 0 aliphatic heterocycles. The van der Waals surface area contributed by atoms with E-state index in [1.165, 1.54) is 0 Å². The van der Waals surface area contributed by atoms with E-state index in [1.807, 2.05) is 36.4 Å².